The van der Waals surface area contributed by atoms with Crippen molar-refractivity contribution in [1.82, 2.24) is 9.88 Å². The highest BCUT2D eigenvalue weighted by Crippen LogP contribution is 2.37. The molecule has 0 saturated heterocycles. The van der Waals surface area contributed by atoms with Crippen molar-refractivity contribution >= 4 is 16.5 Å². The number of nitrogens with zero attached hydrogens (tertiary/aromatic N) is 2. The summed E-state index contributed by atoms with van der Waals surface area (Å²) in [5, 5.41) is 0.709. The van der Waals surface area contributed by atoms with Gasteiger partial charge in [-0.1, -0.05) is 13.3 Å². The van der Waals surface area contributed by atoms with Crippen LogP contribution in [0.1, 0.15) is 56.7 Å². The van der Waals surface area contributed by atoms with Gasteiger partial charge in [-0.25, -0.2) is 4.98 Å². The number of aromatic nitrogens is 1. The van der Waals surface area contributed by atoms with Crippen LogP contribution in [0.5, 0.6) is 0 Å². The zero-order valence-corrected chi connectivity index (χ0v) is 12.7. The highest BCUT2D eigenvalue weighted by Gasteiger charge is 2.35. The molecule has 2 N–H and O–H groups in total. The highest BCUT2D eigenvalue weighted by atomic mass is 32.1. The van der Waals surface area contributed by atoms with Crippen molar-refractivity contribution in [2.75, 3.05) is 5.73 Å². The predicted molar refractivity (Wildman–Crippen MR) is 81.1 cm³/mol. The van der Waals surface area contributed by atoms with Crippen LogP contribution in [-0.2, 0) is 6.54 Å². The van der Waals surface area contributed by atoms with Crippen LogP contribution >= 0.6 is 11.3 Å². The summed E-state index contributed by atoms with van der Waals surface area (Å²) in [6.07, 6.45) is 11.7. The molecule has 2 fully saturated rings. The molecule has 0 radical (unpaired) electrons. The molecule has 106 valence electrons. The molecular formula is C15H25N3S. The second-order valence-corrected chi connectivity index (χ2v) is 7.30. The van der Waals surface area contributed by atoms with Gasteiger partial charge in [0, 0.05) is 29.7 Å². The van der Waals surface area contributed by atoms with Crippen molar-refractivity contribution in [3.8, 4) is 0 Å². The fourth-order valence-electron chi connectivity index (χ4n) is 3.42. The summed E-state index contributed by atoms with van der Waals surface area (Å²) in [5.74, 6) is 0.983. The molecule has 0 aromatic carbocycles. The highest BCUT2D eigenvalue weighted by molar-refractivity contribution is 7.15. The third-order valence-electron chi connectivity index (χ3n) is 4.79. The predicted octanol–water partition coefficient (Wildman–Crippen LogP) is 3.66. The molecule has 0 unspecified atom stereocenters. The van der Waals surface area contributed by atoms with Crippen LogP contribution in [0.4, 0.5) is 5.13 Å². The van der Waals surface area contributed by atoms with Crippen molar-refractivity contribution in [1.29, 1.82) is 0 Å². The lowest BCUT2D eigenvalue weighted by molar-refractivity contribution is 0.121. The van der Waals surface area contributed by atoms with E-state index in [1.54, 1.807) is 11.3 Å². The molecule has 1 heterocycles. The summed E-state index contributed by atoms with van der Waals surface area (Å²) in [7, 11) is 0. The fourth-order valence-corrected chi connectivity index (χ4v) is 4.12. The summed E-state index contributed by atoms with van der Waals surface area (Å²) in [6, 6.07) is 1.64. The standard InChI is InChI=1S/C15H25N3S/c1-2-11-3-5-12(6-4-11)18(13-7-8-13)10-14-9-17-15(16)19-14/h9,11-13H,2-8,10H2,1H3,(H2,16,17). The molecule has 0 bridgehead atoms. The molecular weight excluding hydrogens is 254 g/mol. The molecule has 1 aromatic rings. The number of hydrogen-bond acceptors (Lipinski definition) is 4. The zero-order valence-electron chi connectivity index (χ0n) is 11.8. The van der Waals surface area contributed by atoms with Crippen molar-refractivity contribution in [3.05, 3.63) is 11.1 Å². The molecule has 3 nitrogen and oxygen atoms in total. The van der Waals surface area contributed by atoms with E-state index in [1.165, 1.54) is 49.8 Å². The van der Waals surface area contributed by atoms with Gasteiger partial charge in [-0.05, 0) is 44.4 Å². The average Bonchev–Trinajstić information content (AvgIpc) is 3.20. The van der Waals surface area contributed by atoms with Gasteiger partial charge in [-0.15, -0.1) is 11.3 Å². The monoisotopic (exact) mass is 279 g/mol. The summed E-state index contributed by atoms with van der Waals surface area (Å²) < 4.78 is 0. The minimum absolute atomic E-state index is 0.709. The van der Waals surface area contributed by atoms with Crippen molar-refractivity contribution in [3.63, 3.8) is 0 Å². The minimum atomic E-state index is 0.709. The van der Waals surface area contributed by atoms with Crippen LogP contribution < -0.4 is 5.73 Å². The Bertz CT molecular complexity index is 405. The first-order chi connectivity index (χ1) is 9.26. The van der Waals surface area contributed by atoms with Gasteiger partial charge in [0.15, 0.2) is 5.13 Å². The second-order valence-electron chi connectivity index (χ2n) is 6.15. The average molecular weight is 279 g/mol. The largest absolute Gasteiger partial charge is 0.375 e. The third-order valence-corrected chi connectivity index (χ3v) is 5.60. The number of hydrogen-bond donors (Lipinski definition) is 1. The van der Waals surface area contributed by atoms with E-state index in [0.29, 0.717) is 5.13 Å². The van der Waals surface area contributed by atoms with Crippen LogP contribution in [0, 0.1) is 5.92 Å². The molecule has 0 aliphatic heterocycles. The maximum Gasteiger partial charge on any atom is 0.180 e. The van der Waals surface area contributed by atoms with Gasteiger partial charge in [0.25, 0.3) is 0 Å². The van der Waals surface area contributed by atoms with E-state index in [-0.39, 0.29) is 0 Å². The normalized spacial score (nSPS) is 27.9. The van der Waals surface area contributed by atoms with Gasteiger partial charge in [-0.3, -0.25) is 4.90 Å². The number of nitrogen functional groups attached to an aromatic ring is 1. The Morgan fingerprint density at radius 2 is 1.84 bits per heavy atom. The van der Waals surface area contributed by atoms with E-state index < -0.39 is 0 Å². The summed E-state index contributed by atoms with van der Waals surface area (Å²) in [6.45, 7) is 3.41. The van der Waals surface area contributed by atoms with E-state index in [9.17, 15) is 0 Å². The van der Waals surface area contributed by atoms with E-state index in [4.69, 9.17) is 5.73 Å². The SMILES string of the molecule is CCC1CCC(N(Cc2cnc(N)s2)C2CC2)CC1. The lowest BCUT2D eigenvalue weighted by Crippen LogP contribution is -2.39. The van der Waals surface area contributed by atoms with Crippen LogP contribution in [0.25, 0.3) is 0 Å². The summed E-state index contributed by atoms with van der Waals surface area (Å²) >= 11 is 1.66. The third kappa shape index (κ3) is 3.29. The van der Waals surface area contributed by atoms with Crippen LogP contribution in [0.3, 0.4) is 0 Å². The molecule has 2 aliphatic carbocycles. The Morgan fingerprint density at radius 1 is 1.21 bits per heavy atom. The molecule has 19 heavy (non-hydrogen) atoms. The van der Waals surface area contributed by atoms with Gasteiger partial charge >= 0.3 is 0 Å². The van der Waals surface area contributed by atoms with E-state index >= 15 is 0 Å². The van der Waals surface area contributed by atoms with Gasteiger partial charge in [0.1, 0.15) is 0 Å². The first kappa shape index (κ1) is 13.4. The van der Waals surface area contributed by atoms with Crippen molar-refractivity contribution < 1.29 is 0 Å². The first-order valence-corrected chi connectivity index (χ1v) is 8.53. The Kier molecular flexibility index (Phi) is 4.08. The van der Waals surface area contributed by atoms with Crippen molar-refractivity contribution in [2.45, 2.75) is 70.5 Å². The van der Waals surface area contributed by atoms with Gasteiger partial charge in [-0.2, -0.15) is 0 Å². The number of nitrogens with two attached hydrogens (primary N) is 1. The lowest BCUT2D eigenvalue weighted by atomic mass is 9.84. The van der Waals surface area contributed by atoms with Crippen LogP contribution in [0.15, 0.2) is 6.20 Å². The Balaban J connectivity index is 1.61. The maximum absolute atomic E-state index is 5.75. The van der Waals surface area contributed by atoms with E-state index in [1.807, 2.05) is 6.20 Å². The molecule has 1 aromatic heterocycles. The lowest BCUT2D eigenvalue weighted by Gasteiger charge is -2.36. The van der Waals surface area contributed by atoms with E-state index in [0.717, 1.165) is 24.5 Å². The second kappa shape index (κ2) is 5.80. The van der Waals surface area contributed by atoms with Gasteiger partial charge in [0.2, 0.25) is 0 Å². The fraction of sp³-hybridized carbons (Fsp3) is 0.800. The Hall–Kier alpha value is -0.610. The molecule has 3 rings (SSSR count). The Morgan fingerprint density at radius 3 is 2.32 bits per heavy atom. The van der Waals surface area contributed by atoms with Crippen LogP contribution in [-0.4, -0.2) is 22.0 Å². The van der Waals surface area contributed by atoms with E-state index in [2.05, 4.69) is 16.8 Å². The molecule has 0 amide bonds. The quantitative estimate of drug-likeness (QED) is 0.894. The Labute approximate surface area is 120 Å². The topological polar surface area (TPSA) is 42.2 Å². The minimum Gasteiger partial charge on any atom is -0.375 e. The first-order valence-electron chi connectivity index (χ1n) is 7.72. The maximum atomic E-state index is 5.75. The molecule has 2 saturated carbocycles. The number of thiazole rings is 1. The zero-order chi connectivity index (χ0) is 13.2. The molecule has 0 atom stereocenters. The summed E-state index contributed by atoms with van der Waals surface area (Å²) in [5.41, 5.74) is 5.75. The number of rotatable bonds is 5. The van der Waals surface area contributed by atoms with Crippen LogP contribution in [0.2, 0.25) is 0 Å². The summed E-state index contributed by atoms with van der Waals surface area (Å²) in [4.78, 5) is 8.27. The molecule has 4 heteroatoms. The smallest absolute Gasteiger partial charge is 0.180 e. The van der Waals surface area contributed by atoms with Gasteiger partial charge in [0.05, 0.1) is 0 Å². The van der Waals surface area contributed by atoms with Crippen molar-refractivity contribution in [2.24, 2.45) is 5.92 Å². The van der Waals surface area contributed by atoms with Gasteiger partial charge < -0.3 is 5.73 Å². The molecule has 2 aliphatic rings. The molecule has 0 spiro atoms. The number of anilines is 1.